The Morgan fingerprint density at radius 1 is 0.690 bits per heavy atom. The molecule has 0 unspecified atom stereocenters. The normalized spacial score (nSPS) is 11.5. The second-order valence-electron chi connectivity index (χ2n) is 10.2. The van der Waals surface area contributed by atoms with Crippen molar-refractivity contribution in [1.82, 2.24) is 10.2 Å². The summed E-state index contributed by atoms with van der Waals surface area (Å²) in [6.45, 7) is 18.2. The Kier molecular flexibility index (Phi) is 25.7. The number of ether oxygens (including phenoxy) is 7. The van der Waals surface area contributed by atoms with E-state index in [0.717, 1.165) is 39.1 Å². The smallest absolute Gasteiger partial charge is 0.223 e. The molecule has 0 aliphatic carbocycles. The fraction of sp³-hybridized carbons (Fsp3) is 0.781. The molecule has 1 N–H and O–H groups in total. The predicted molar refractivity (Wildman–Crippen MR) is 165 cm³/mol. The number of benzene rings is 1. The minimum absolute atomic E-state index is 0.119. The molecule has 0 aromatic heterocycles. The molecule has 0 fully saturated rings. The monoisotopic (exact) mass is 598 g/mol. The van der Waals surface area contributed by atoms with E-state index >= 15 is 0 Å². The van der Waals surface area contributed by atoms with Crippen LogP contribution in [0.5, 0.6) is 0 Å². The van der Waals surface area contributed by atoms with E-state index in [1.807, 2.05) is 18.7 Å². The Balaban J connectivity index is 1.96. The van der Waals surface area contributed by atoms with Crippen molar-refractivity contribution in [2.45, 2.75) is 53.1 Å². The molecule has 1 aromatic rings. The van der Waals surface area contributed by atoms with Crippen molar-refractivity contribution in [3.05, 3.63) is 35.4 Å². The van der Waals surface area contributed by atoms with Crippen LogP contribution in [0.4, 0.5) is 0 Å². The molecule has 1 amide bonds. The van der Waals surface area contributed by atoms with Crippen molar-refractivity contribution in [2.75, 3.05) is 112 Å². The van der Waals surface area contributed by atoms with Crippen molar-refractivity contribution in [2.24, 2.45) is 0 Å². The van der Waals surface area contributed by atoms with E-state index in [0.29, 0.717) is 92.2 Å². The molecular formula is C32H58N2O8. The van der Waals surface area contributed by atoms with E-state index < -0.39 is 0 Å². The van der Waals surface area contributed by atoms with Gasteiger partial charge in [-0.1, -0.05) is 36.8 Å². The van der Waals surface area contributed by atoms with Crippen LogP contribution in [0.1, 0.15) is 44.7 Å². The molecule has 10 heteroatoms. The second-order valence-corrected chi connectivity index (χ2v) is 10.2. The van der Waals surface area contributed by atoms with Crippen LogP contribution >= 0.6 is 0 Å². The summed E-state index contributed by atoms with van der Waals surface area (Å²) in [5.74, 6) is 0.119. The van der Waals surface area contributed by atoms with Gasteiger partial charge in [0, 0.05) is 39.2 Å². The maximum atomic E-state index is 12.9. The summed E-state index contributed by atoms with van der Waals surface area (Å²) >= 11 is 0. The molecule has 0 radical (unpaired) electrons. The first-order valence-electron chi connectivity index (χ1n) is 15.6. The van der Waals surface area contributed by atoms with E-state index in [2.05, 4.69) is 43.4 Å². The van der Waals surface area contributed by atoms with Crippen LogP contribution in [0, 0.1) is 6.92 Å². The van der Waals surface area contributed by atoms with Gasteiger partial charge in [0.05, 0.1) is 85.4 Å². The first-order chi connectivity index (χ1) is 20.5. The Morgan fingerprint density at radius 2 is 1.17 bits per heavy atom. The number of hydrogen-bond donors (Lipinski definition) is 1. The Morgan fingerprint density at radius 3 is 1.69 bits per heavy atom. The Labute approximate surface area is 254 Å². The van der Waals surface area contributed by atoms with E-state index in [1.54, 1.807) is 0 Å². The van der Waals surface area contributed by atoms with Gasteiger partial charge in [0.1, 0.15) is 0 Å². The van der Waals surface area contributed by atoms with Gasteiger partial charge in [-0.25, -0.2) is 0 Å². The Hall–Kier alpha value is -1.63. The predicted octanol–water partition coefficient (Wildman–Crippen LogP) is 3.28. The lowest BCUT2D eigenvalue weighted by Gasteiger charge is -2.23. The molecule has 0 bridgehead atoms. The maximum absolute atomic E-state index is 12.9. The molecule has 244 valence electrons. The van der Waals surface area contributed by atoms with Gasteiger partial charge in [-0.15, -0.1) is 0 Å². The maximum Gasteiger partial charge on any atom is 0.223 e. The number of amides is 1. The zero-order valence-electron chi connectivity index (χ0n) is 26.7. The lowest BCUT2D eigenvalue weighted by Crippen LogP contribution is -2.37. The van der Waals surface area contributed by atoms with Gasteiger partial charge in [-0.05, 0) is 39.2 Å². The number of aryl methyl sites for hydroxylation is 2. The van der Waals surface area contributed by atoms with Crippen molar-refractivity contribution in [1.29, 1.82) is 0 Å². The molecule has 10 nitrogen and oxygen atoms in total. The number of nitrogens with one attached hydrogen (secondary N) is 1. The SMILES string of the molecule is CCCOCCNCCOCCOCCOCCOCCOCCN(CCOC(C)C)C(=O)CCc1ccc(C)cc1. The summed E-state index contributed by atoms with van der Waals surface area (Å²) in [4.78, 5) is 14.7. The average Bonchev–Trinajstić information content (AvgIpc) is 2.98. The molecular weight excluding hydrogens is 540 g/mol. The summed E-state index contributed by atoms with van der Waals surface area (Å²) in [5, 5.41) is 3.27. The summed E-state index contributed by atoms with van der Waals surface area (Å²) in [6.07, 6.45) is 2.39. The van der Waals surface area contributed by atoms with Crippen molar-refractivity contribution in [3.8, 4) is 0 Å². The molecule has 1 rings (SSSR count). The first-order valence-corrected chi connectivity index (χ1v) is 15.6. The fourth-order valence-corrected chi connectivity index (χ4v) is 3.74. The lowest BCUT2D eigenvalue weighted by atomic mass is 10.1. The highest BCUT2D eigenvalue weighted by molar-refractivity contribution is 5.76. The number of hydrogen-bond acceptors (Lipinski definition) is 9. The number of nitrogens with zero attached hydrogens (tertiary/aromatic N) is 1. The molecule has 1 aromatic carbocycles. The summed E-state index contributed by atoms with van der Waals surface area (Å²) in [6, 6.07) is 8.33. The van der Waals surface area contributed by atoms with E-state index in [4.69, 9.17) is 33.2 Å². The third kappa shape index (κ3) is 23.9. The number of rotatable bonds is 30. The van der Waals surface area contributed by atoms with Crippen LogP contribution in [0.15, 0.2) is 24.3 Å². The standard InChI is InChI=1S/C32H58N2O8/c1-5-16-36-17-12-33-13-18-37-21-23-39-25-27-41-28-26-40-24-22-38-19-14-34(15-20-42-29(2)3)32(35)11-10-31-8-6-30(4)7-9-31/h6-9,29,33H,5,10-28H2,1-4H3. The summed E-state index contributed by atoms with van der Waals surface area (Å²) in [7, 11) is 0. The van der Waals surface area contributed by atoms with Crippen LogP contribution in [0.3, 0.4) is 0 Å². The highest BCUT2D eigenvalue weighted by Crippen LogP contribution is 2.08. The van der Waals surface area contributed by atoms with Crippen LogP contribution in [-0.4, -0.2) is 129 Å². The zero-order valence-corrected chi connectivity index (χ0v) is 26.7. The number of carbonyl (C=O) groups is 1. The van der Waals surface area contributed by atoms with Crippen LogP contribution < -0.4 is 5.32 Å². The number of carbonyl (C=O) groups excluding carboxylic acids is 1. The van der Waals surface area contributed by atoms with Gasteiger partial charge in [0.2, 0.25) is 5.91 Å². The molecule has 0 saturated heterocycles. The van der Waals surface area contributed by atoms with Gasteiger partial charge in [0.25, 0.3) is 0 Å². The van der Waals surface area contributed by atoms with Crippen LogP contribution in [-0.2, 0) is 44.4 Å². The average molecular weight is 599 g/mol. The first kappa shape index (κ1) is 38.4. The van der Waals surface area contributed by atoms with Gasteiger partial charge in [-0.3, -0.25) is 4.79 Å². The van der Waals surface area contributed by atoms with Crippen molar-refractivity contribution in [3.63, 3.8) is 0 Å². The second kappa shape index (κ2) is 28.2. The zero-order chi connectivity index (χ0) is 30.5. The van der Waals surface area contributed by atoms with Gasteiger partial charge in [-0.2, -0.15) is 0 Å². The third-order valence-electron chi connectivity index (χ3n) is 6.10. The molecule has 0 saturated carbocycles. The van der Waals surface area contributed by atoms with Crippen molar-refractivity contribution >= 4 is 5.91 Å². The van der Waals surface area contributed by atoms with E-state index in [9.17, 15) is 4.79 Å². The van der Waals surface area contributed by atoms with Crippen LogP contribution in [0.2, 0.25) is 0 Å². The van der Waals surface area contributed by atoms with E-state index in [1.165, 1.54) is 11.1 Å². The van der Waals surface area contributed by atoms with Gasteiger partial charge < -0.3 is 43.4 Å². The molecule has 42 heavy (non-hydrogen) atoms. The van der Waals surface area contributed by atoms with E-state index in [-0.39, 0.29) is 12.0 Å². The highest BCUT2D eigenvalue weighted by atomic mass is 16.6. The molecule has 0 aliphatic rings. The van der Waals surface area contributed by atoms with Gasteiger partial charge in [0.15, 0.2) is 0 Å². The minimum atomic E-state index is 0.119. The largest absolute Gasteiger partial charge is 0.380 e. The third-order valence-corrected chi connectivity index (χ3v) is 6.10. The minimum Gasteiger partial charge on any atom is -0.380 e. The highest BCUT2D eigenvalue weighted by Gasteiger charge is 2.14. The molecule has 0 heterocycles. The molecule has 0 spiro atoms. The fourth-order valence-electron chi connectivity index (χ4n) is 3.74. The molecule has 0 aliphatic heterocycles. The summed E-state index contributed by atoms with van der Waals surface area (Å²) in [5.41, 5.74) is 2.39. The quantitative estimate of drug-likeness (QED) is 0.134. The lowest BCUT2D eigenvalue weighted by molar-refractivity contribution is -0.133. The van der Waals surface area contributed by atoms with Crippen LogP contribution in [0.25, 0.3) is 0 Å². The Bertz CT molecular complexity index is 736. The summed E-state index contributed by atoms with van der Waals surface area (Å²) < 4.78 is 38.9. The van der Waals surface area contributed by atoms with Crippen molar-refractivity contribution < 1.29 is 38.0 Å². The van der Waals surface area contributed by atoms with Gasteiger partial charge >= 0.3 is 0 Å². The molecule has 0 atom stereocenters. The topological polar surface area (TPSA) is 97.0 Å².